The van der Waals surface area contributed by atoms with Gasteiger partial charge in [-0.2, -0.15) is 11.8 Å². The first-order valence-electron chi connectivity index (χ1n) is 5.56. The van der Waals surface area contributed by atoms with E-state index in [1.807, 2.05) is 20.8 Å². The SMILES string of the molecule is CC(C)(C)OC(=O)N1CC2(CSCC2O)C1. The molecule has 0 bridgehead atoms. The highest BCUT2D eigenvalue weighted by Gasteiger charge is 2.53. The molecule has 0 aromatic rings. The van der Waals surface area contributed by atoms with Crippen LogP contribution in [0, 0.1) is 5.41 Å². The number of hydrogen-bond donors (Lipinski definition) is 1. The van der Waals surface area contributed by atoms with E-state index in [1.165, 1.54) is 0 Å². The topological polar surface area (TPSA) is 49.8 Å². The molecule has 2 aliphatic rings. The van der Waals surface area contributed by atoms with Crippen LogP contribution in [0.15, 0.2) is 0 Å². The summed E-state index contributed by atoms with van der Waals surface area (Å²) in [5.41, 5.74) is -0.496. The van der Waals surface area contributed by atoms with Crippen molar-refractivity contribution in [1.29, 1.82) is 0 Å². The molecule has 0 aliphatic carbocycles. The minimum Gasteiger partial charge on any atom is -0.444 e. The summed E-state index contributed by atoms with van der Waals surface area (Å²) >= 11 is 1.76. The Hall–Kier alpha value is -0.420. The number of thioether (sulfide) groups is 1. The van der Waals surface area contributed by atoms with Crippen molar-refractivity contribution in [3.8, 4) is 0 Å². The van der Waals surface area contributed by atoms with Gasteiger partial charge in [-0.15, -0.1) is 0 Å². The van der Waals surface area contributed by atoms with Crippen LogP contribution < -0.4 is 0 Å². The van der Waals surface area contributed by atoms with E-state index in [2.05, 4.69) is 0 Å². The fourth-order valence-corrected chi connectivity index (χ4v) is 3.59. The highest BCUT2D eigenvalue weighted by Crippen LogP contribution is 2.43. The van der Waals surface area contributed by atoms with Crippen molar-refractivity contribution in [3.63, 3.8) is 0 Å². The Morgan fingerprint density at radius 1 is 1.50 bits per heavy atom. The van der Waals surface area contributed by atoms with Gasteiger partial charge in [0.15, 0.2) is 0 Å². The van der Waals surface area contributed by atoms with Crippen molar-refractivity contribution in [3.05, 3.63) is 0 Å². The van der Waals surface area contributed by atoms with Gasteiger partial charge in [0.2, 0.25) is 0 Å². The van der Waals surface area contributed by atoms with E-state index >= 15 is 0 Å². The molecule has 1 amide bonds. The third-order valence-electron chi connectivity index (χ3n) is 3.04. The van der Waals surface area contributed by atoms with Crippen molar-refractivity contribution < 1.29 is 14.6 Å². The number of likely N-dealkylation sites (tertiary alicyclic amines) is 1. The molecule has 2 rings (SSSR count). The van der Waals surface area contributed by atoms with Crippen LogP contribution in [0.5, 0.6) is 0 Å². The molecule has 4 nitrogen and oxygen atoms in total. The van der Waals surface area contributed by atoms with Gasteiger partial charge in [-0.05, 0) is 20.8 Å². The van der Waals surface area contributed by atoms with Gasteiger partial charge in [-0.1, -0.05) is 0 Å². The van der Waals surface area contributed by atoms with E-state index < -0.39 is 5.60 Å². The Morgan fingerprint density at radius 2 is 2.12 bits per heavy atom. The van der Waals surface area contributed by atoms with Gasteiger partial charge in [0.1, 0.15) is 5.60 Å². The molecule has 1 atom stereocenters. The first kappa shape index (κ1) is 12.0. The summed E-state index contributed by atoms with van der Waals surface area (Å²) in [5.74, 6) is 1.75. The second-order valence-electron chi connectivity index (χ2n) is 5.73. The van der Waals surface area contributed by atoms with E-state index in [9.17, 15) is 9.90 Å². The zero-order valence-corrected chi connectivity index (χ0v) is 10.8. The zero-order chi connectivity index (χ0) is 12.0. The lowest BCUT2D eigenvalue weighted by Gasteiger charge is -2.49. The number of nitrogens with zero attached hydrogens (tertiary/aromatic N) is 1. The minimum atomic E-state index is -0.442. The van der Waals surface area contributed by atoms with Gasteiger partial charge >= 0.3 is 6.09 Å². The quantitative estimate of drug-likeness (QED) is 0.699. The van der Waals surface area contributed by atoms with Crippen molar-refractivity contribution >= 4 is 17.9 Å². The summed E-state index contributed by atoms with van der Waals surface area (Å²) in [5, 5.41) is 9.83. The molecule has 2 heterocycles. The average Bonchev–Trinajstić information content (AvgIpc) is 2.40. The van der Waals surface area contributed by atoms with Gasteiger partial charge in [-0.3, -0.25) is 0 Å². The summed E-state index contributed by atoms with van der Waals surface area (Å²) in [4.78, 5) is 13.4. The fourth-order valence-electron chi connectivity index (χ4n) is 2.12. The molecule has 2 fully saturated rings. The molecule has 92 valence electrons. The molecule has 16 heavy (non-hydrogen) atoms. The maximum atomic E-state index is 11.7. The first-order chi connectivity index (χ1) is 7.32. The van der Waals surface area contributed by atoms with E-state index in [4.69, 9.17) is 4.74 Å². The number of carbonyl (C=O) groups excluding carboxylic acids is 1. The number of aliphatic hydroxyl groups excluding tert-OH is 1. The second kappa shape index (κ2) is 3.81. The number of ether oxygens (including phenoxy) is 1. The van der Waals surface area contributed by atoms with Crippen LogP contribution in [-0.2, 0) is 4.74 Å². The van der Waals surface area contributed by atoms with E-state index in [0.717, 1.165) is 11.5 Å². The van der Waals surface area contributed by atoms with Crippen LogP contribution >= 0.6 is 11.8 Å². The average molecular weight is 245 g/mol. The summed E-state index contributed by atoms with van der Waals surface area (Å²) < 4.78 is 5.28. The number of rotatable bonds is 0. The van der Waals surface area contributed by atoms with Crippen molar-refractivity contribution in [1.82, 2.24) is 4.90 Å². The molecule has 1 unspecified atom stereocenters. The number of aliphatic hydroxyl groups is 1. The van der Waals surface area contributed by atoms with Gasteiger partial charge in [0.05, 0.1) is 6.10 Å². The predicted molar refractivity (Wildman–Crippen MR) is 63.6 cm³/mol. The maximum Gasteiger partial charge on any atom is 0.410 e. The Kier molecular flexibility index (Phi) is 2.87. The molecule has 0 saturated carbocycles. The third kappa shape index (κ3) is 2.15. The Morgan fingerprint density at radius 3 is 2.56 bits per heavy atom. The Labute approximate surface area is 100 Å². The van der Waals surface area contributed by atoms with Crippen LogP contribution in [0.1, 0.15) is 20.8 Å². The molecular weight excluding hydrogens is 226 g/mol. The minimum absolute atomic E-state index is 0.0540. The molecule has 5 heteroatoms. The summed E-state index contributed by atoms with van der Waals surface area (Å²) in [6, 6.07) is 0. The van der Waals surface area contributed by atoms with Crippen LogP contribution in [0.2, 0.25) is 0 Å². The van der Waals surface area contributed by atoms with Crippen molar-refractivity contribution in [2.75, 3.05) is 24.6 Å². The van der Waals surface area contributed by atoms with Gasteiger partial charge in [0.25, 0.3) is 0 Å². The van der Waals surface area contributed by atoms with E-state index in [0.29, 0.717) is 13.1 Å². The monoisotopic (exact) mass is 245 g/mol. The highest BCUT2D eigenvalue weighted by molar-refractivity contribution is 7.99. The number of amides is 1. The van der Waals surface area contributed by atoms with Gasteiger partial charge < -0.3 is 14.7 Å². The summed E-state index contributed by atoms with van der Waals surface area (Å²) in [6.45, 7) is 6.86. The standard InChI is InChI=1S/C11H19NO3S/c1-10(2,3)15-9(14)12-5-11(6-12)7-16-4-8(11)13/h8,13H,4-7H2,1-3H3. The van der Waals surface area contributed by atoms with Crippen LogP contribution in [-0.4, -0.2) is 52.4 Å². The van der Waals surface area contributed by atoms with Gasteiger partial charge in [-0.25, -0.2) is 4.79 Å². The molecule has 0 aromatic carbocycles. The highest BCUT2D eigenvalue weighted by atomic mass is 32.2. The third-order valence-corrected chi connectivity index (χ3v) is 4.37. The molecule has 0 aromatic heterocycles. The molecule has 1 spiro atoms. The molecule has 0 radical (unpaired) electrons. The predicted octanol–water partition coefficient (Wildman–Crippen LogP) is 1.33. The summed E-state index contributed by atoms with van der Waals surface area (Å²) in [7, 11) is 0. The number of hydrogen-bond acceptors (Lipinski definition) is 4. The van der Waals surface area contributed by atoms with E-state index in [1.54, 1.807) is 16.7 Å². The lowest BCUT2D eigenvalue weighted by molar-refractivity contribution is -0.0679. The number of carbonyl (C=O) groups is 1. The lowest BCUT2D eigenvalue weighted by Crippen LogP contribution is -2.63. The maximum absolute atomic E-state index is 11.7. The summed E-state index contributed by atoms with van der Waals surface area (Å²) in [6.07, 6.45) is -0.529. The van der Waals surface area contributed by atoms with Gasteiger partial charge in [0, 0.05) is 30.0 Å². The van der Waals surface area contributed by atoms with Crippen molar-refractivity contribution in [2.45, 2.75) is 32.5 Å². The normalized spacial score (nSPS) is 28.0. The molecular formula is C11H19NO3S. The Balaban J connectivity index is 1.86. The first-order valence-corrected chi connectivity index (χ1v) is 6.72. The largest absolute Gasteiger partial charge is 0.444 e. The molecule has 2 saturated heterocycles. The Bertz CT molecular complexity index is 294. The fraction of sp³-hybridized carbons (Fsp3) is 0.909. The zero-order valence-electron chi connectivity index (χ0n) is 10.0. The smallest absolute Gasteiger partial charge is 0.410 e. The molecule has 1 N–H and O–H groups in total. The van der Waals surface area contributed by atoms with Crippen LogP contribution in [0.25, 0.3) is 0 Å². The van der Waals surface area contributed by atoms with Crippen molar-refractivity contribution in [2.24, 2.45) is 5.41 Å². The lowest BCUT2D eigenvalue weighted by atomic mass is 9.77. The molecule has 2 aliphatic heterocycles. The second-order valence-corrected chi connectivity index (χ2v) is 6.76. The van der Waals surface area contributed by atoms with E-state index in [-0.39, 0.29) is 17.6 Å². The van der Waals surface area contributed by atoms with Crippen LogP contribution in [0.3, 0.4) is 0 Å². The van der Waals surface area contributed by atoms with Crippen LogP contribution in [0.4, 0.5) is 4.79 Å².